The van der Waals surface area contributed by atoms with E-state index in [0.717, 1.165) is 40.3 Å². The molecule has 3 rings (SSSR count). The van der Waals surface area contributed by atoms with E-state index >= 15 is 0 Å². The minimum Gasteiger partial charge on any atom is -0.370 e. The number of rotatable bonds is 10. The first-order valence-electron chi connectivity index (χ1n) is 10.8. The Morgan fingerprint density at radius 1 is 1.06 bits per heavy atom. The number of hydrogen-bond acceptors (Lipinski definition) is 8. The lowest BCUT2D eigenvalue weighted by molar-refractivity contribution is -0.119. The maximum Gasteiger partial charge on any atom is 0.227 e. The van der Waals surface area contributed by atoms with Crippen LogP contribution in [0.5, 0.6) is 0 Å². The van der Waals surface area contributed by atoms with Crippen LogP contribution in [0.1, 0.15) is 37.4 Å². The van der Waals surface area contributed by atoms with Crippen LogP contribution in [-0.2, 0) is 9.59 Å². The highest BCUT2D eigenvalue weighted by Crippen LogP contribution is 2.27. The van der Waals surface area contributed by atoms with Crippen LogP contribution < -0.4 is 21.7 Å². The van der Waals surface area contributed by atoms with Gasteiger partial charge in [0.05, 0.1) is 11.7 Å². The molecule has 0 bridgehead atoms. The van der Waals surface area contributed by atoms with Gasteiger partial charge < -0.3 is 21.7 Å². The van der Waals surface area contributed by atoms with Crippen molar-refractivity contribution >= 4 is 29.1 Å². The Morgan fingerprint density at radius 2 is 1.85 bits per heavy atom. The number of benzene rings is 1. The number of pyridine rings is 1. The number of nitrogens with zero attached hydrogens (tertiary/aromatic N) is 3. The average Bonchev–Trinajstić information content (AvgIpc) is 2.79. The summed E-state index contributed by atoms with van der Waals surface area (Å²) in [6, 6.07) is 10.4. The lowest BCUT2D eigenvalue weighted by Gasteiger charge is -2.13. The molecule has 0 saturated carbocycles. The summed E-state index contributed by atoms with van der Waals surface area (Å²) < 4.78 is 0. The van der Waals surface area contributed by atoms with Crippen LogP contribution in [0.25, 0.3) is 11.3 Å². The molecule has 0 aliphatic rings. The lowest BCUT2D eigenvalue weighted by atomic mass is 10.0. The number of carbonyl (C=O) groups excluding carboxylic acids is 2. The molecular formula is C24H29N7O2. The zero-order chi connectivity index (χ0) is 23.8. The molecule has 0 aliphatic heterocycles. The first kappa shape index (κ1) is 23.8. The van der Waals surface area contributed by atoms with Gasteiger partial charge >= 0.3 is 0 Å². The van der Waals surface area contributed by atoms with E-state index < -0.39 is 6.04 Å². The number of Topliss-reactive ketones (excluding diaryl/α,β-unsaturated/α-hetero) is 1. The molecule has 0 spiro atoms. The molecule has 0 radical (unpaired) electrons. The van der Waals surface area contributed by atoms with Crippen molar-refractivity contribution in [3.8, 4) is 11.3 Å². The number of hydrogen-bond donors (Lipinski definition) is 4. The van der Waals surface area contributed by atoms with Crippen molar-refractivity contribution in [2.24, 2.45) is 5.73 Å². The van der Waals surface area contributed by atoms with Gasteiger partial charge in [0.25, 0.3) is 0 Å². The van der Waals surface area contributed by atoms with E-state index in [-0.39, 0.29) is 11.7 Å². The van der Waals surface area contributed by atoms with Crippen molar-refractivity contribution in [3.05, 3.63) is 59.9 Å². The van der Waals surface area contributed by atoms with Gasteiger partial charge in [0, 0.05) is 49.2 Å². The molecule has 2 aromatic heterocycles. The van der Waals surface area contributed by atoms with Gasteiger partial charge in [-0.2, -0.15) is 0 Å². The highest BCUT2D eigenvalue weighted by Gasteiger charge is 2.13. The van der Waals surface area contributed by atoms with E-state index in [2.05, 4.69) is 30.9 Å². The Labute approximate surface area is 193 Å². The van der Waals surface area contributed by atoms with Gasteiger partial charge in [-0.3, -0.25) is 9.59 Å². The summed E-state index contributed by atoms with van der Waals surface area (Å²) in [5.74, 6) is 1.07. The number of aromatic nitrogens is 3. The van der Waals surface area contributed by atoms with Crippen LogP contribution >= 0.6 is 0 Å². The molecule has 1 unspecified atom stereocenters. The second-order valence-corrected chi connectivity index (χ2v) is 7.70. The van der Waals surface area contributed by atoms with Gasteiger partial charge in [-0.05, 0) is 50.1 Å². The second-order valence-electron chi connectivity index (χ2n) is 7.70. The SMILES string of the molecule is CC(=O)NCCCNc1nccc(-c2ccnc(Nc3cccc(C(N)C(C)=O)c3)n2)c1C. The molecule has 1 aromatic carbocycles. The largest absolute Gasteiger partial charge is 0.370 e. The van der Waals surface area contributed by atoms with E-state index in [4.69, 9.17) is 5.73 Å². The summed E-state index contributed by atoms with van der Waals surface area (Å²) in [7, 11) is 0. The predicted molar refractivity (Wildman–Crippen MR) is 129 cm³/mol. The fourth-order valence-electron chi connectivity index (χ4n) is 3.29. The lowest BCUT2D eigenvalue weighted by Crippen LogP contribution is -2.22. The summed E-state index contributed by atoms with van der Waals surface area (Å²) in [5, 5.41) is 9.28. The number of nitrogens with two attached hydrogens (primary N) is 1. The van der Waals surface area contributed by atoms with E-state index in [1.54, 1.807) is 12.4 Å². The van der Waals surface area contributed by atoms with E-state index in [0.29, 0.717) is 19.0 Å². The van der Waals surface area contributed by atoms with E-state index in [9.17, 15) is 9.59 Å². The van der Waals surface area contributed by atoms with Gasteiger partial charge in [0.15, 0.2) is 5.78 Å². The molecule has 0 fully saturated rings. The molecule has 9 nitrogen and oxygen atoms in total. The smallest absolute Gasteiger partial charge is 0.227 e. The van der Waals surface area contributed by atoms with Crippen LogP contribution in [0.15, 0.2) is 48.8 Å². The highest BCUT2D eigenvalue weighted by molar-refractivity contribution is 5.83. The number of carbonyl (C=O) groups is 2. The summed E-state index contributed by atoms with van der Waals surface area (Å²) in [6.45, 7) is 6.26. The minimum atomic E-state index is -0.664. The van der Waals surface area contributed by atoms with Crippen LogP contribution in [0, 0.1) is 6.92 Å². The minimum absolute atomic E-state index is 0.0344. The summed E-state index contributed by atoms with van der Waals surface area (Å²) >= 11 is 0. The zero-order valence-corrected chi connectivity index (χ0v) is 19.1. The van der Waals surface area contributed by atoms with Crippen molar-refractivity contribution in [2.45, 2.75) is 33.2 Å². The van der Waals surface area contributed by atoms with Crippen LogP contribution in [-0.4, -0.2) is 39.7 Å². The summed E-state index contributed by atoms with van der Waals surface area (Å²) in [5.41, 5.74) is 10.1. The van der Waals surface area contributed by atoms with Gasteiger partial charge in [-0.1, -0.05) is 12.1 Å². The zero-order valence-electron chi connectivity index (χ0n) is 19.1. The molecule has 1 amide bonds. The third-order valence-electron chi connectivity index (χ3n) is 5.10. The second kappa shape index (κ2) is 11.1. The third kappa shape index (κ3) is 6.56. The van der Waals surface area contributed by atoms with Gasteiger partial charge in [0.2, 0.25) is 11.9 Å². The molecule has 9 heteroatoms. The number of ketones is 1. The topological polar surface area (TPSA) is 135 Å². The first-order chi connectivity index (χ1) is 15.8. The standard InChI is InChI=1S/C24H29N7O2/c1-15-20(8-12-28-23(15)27-11-5-10-26-17(3)33)21-9-13-29-24(31-21)30-19-7-4-6-18(14-19)22(25)16(2)32/h4,6-9,12-14,22H,5,10-11,25H2,1-3H3,(H,26,33)(H,27,28)(H,29,30,31). The van der Waals surface area contributed by atoms with Crippen LogP contribution in [0.2, 0.25) is 0 Å². The Hall–Kier alpha value is -3.85. The molecule has 33 heavy (non-hydrogen) atoms. The molecule has 3 aromatic rings. The Kier molecular flexibility index (Phi) is 8.04. The summed E-state index contributed by atoms with van der Waals surface area (Å²) in [6.07, 6.45) is 4.22. The van der Waals surface area contributed by atoms with Gasteiger partial charge in [-0.25, -0.2) is 15.0 Å². The van der Waals surface area contributed by atoms with E-state index in [1.165, 1.54) is 13.8 Å². The predicted octanol–water partition coefficient (Wildman–Crippen LogP) is 3.12. The monoisotopic (exact) mass is 447 g/mol. The number of nitrogens with one attached hydrogen (secondary N) is 3. The fraction of sp³-hybridized carbons (Fsp3) is 0.292. The number of anilines is 3. The molecule has 0 aliphatic carbocycles. The Bertz CT molecular complexity index is 1130. The van der Waals surface area contributed by atoms with Gasteiger partial charge in [0.1, 0.15) is 5.82 Å². The molecule has 5 N–H and O–H groups in total. The maximum atomic E-state index is 11.6. The number of amides is 1. The molecule has 1 atom stereocenters. The average molecular weight is 448 g/mol. The normalized spacial score (nSPS) is 11.5. The third-order valence-corrected chi connectivity index (χ3v) is 5.10. The first-order valence-corrected chi connectivity index (χ1v) is 10.8. The molecule has 172 valence electrons. The highest BCUT2D eigenvalue weighted by atomic mass is 16.1. The van der Waals surface area contributed by atoms with Crippen molar-refractivity contribution in [2.75, 3.05) is 23.7 Å². The van der Waals surface area contributed by atoms with E-state index in [1.807, 2.05) is 43.3 Å². The summed E-state index contributed by atoms with van der Waals surface area (Å²) in [4.78, 5) is 36.0. The molecule has 2 heterocycles. The van der Waals surface area contributed by atoms with Crippen molar-refractivity contribution < 1.29 is 9.59 Å². The van der Waals surface area contributed by atoms with Gasteiger partial charge in [-0.15, -0.1) is 0 Å². The Balaban J connectivity index is 1.74. The molecular weight excluding hydrogens is 418 g/mol. The maximum absolute atomic E-state index is 11.6. The van der Waals surface area contributed by atoms with Crippen molar-refractivity contribution in [1.29, 1.82) is 0 Å². The molecule has 0 saturated heterocycles. The van der Waals surface area contributed by atoms with Crippen LogP contribution in [0.4, 0.5) is 17.5 Å². The quantitative estimate of drug-likeness (QED) is 0.348. The fourth-order valence-corrected chi connectivity index (χ4v) is 3.29. The Morgan fingerprint density at radius 3 is 2.61 bits per heavy atom. The van der Waals surface area contributed by atoms with Crippen LogP contribution in [0.3, 0.4) is 0 Å². The van der Waals surface area contributed by atoms with Crippen molar-refractivity contribution in [1.82, 2.24) is 20.3 Å². The van der Waals surface area contributed by atoms with Crippen molar-refractivity contribution in [3.63, 3.8) is 0 Å².